The zero-order valence-electron chi connectivity index (χ0n) is 42.1. The minimum Gasteiger partial charge on any atom is -0.693 e. The van der Waals surface area contributed by atoms with Gasteiger partial charge < -0.3 is 82.1 Å². The van der Waals surface area contributed by atoms with Gasteiger partial charge >= 0.3 is 85.3 Å². The molecule has 0 amide bonds. The molecule has 0 spiro atoms. The van der Waals surface area contributed by atoms with Crippen LogP contribution in [0.5, 0.6) is 0 Å². The Bertz CT molecular complexity index is 1170. The first kappa shape index (κ1) is 82.8. The van der Waals surface area contributed by atoms with E-state index in [0.29, 0.717) is 0 Å². The Morgan fingerprint density at radius 1 is 0.338 bits per heavy atom. The van der Waals surface area contributed by atoms with E-state index >= 15 is 0 Å². The number of aromatic nitrogens is 1. The number of allylic oxidation sites excluding steroid dienone is 2. The molecule has 71 heavy (non-hydrogen) atoms. The summed E-state index contributed by atoms with van der Waals surface area (Å²) in [6.45, 7) is 18.5. The van der Waals surface area contributed by atoms with Crippen LogP contribution in [0.15, 0.2) is 48.5 Å². The van der Waals surface area contributed by atoms with Gasteiger partial charge in [0.05, 0.1) is 0 Å². The first-order chi connectivity index (χ1) is 29.8. The monoisotopic (exact) mass is 1240 g/mol. The normalized spacial score (nSPS) is 22.2. The van der Waals surface area contributed by atoms with Gasteiger partial charge in [-0.2, -0.15) is 6.20 Å². The maximum Gasteiger partial charge on any atom is 2.00 e. The van der Waals surface area contributed by atoms with Gasteiger partial charge in [-0.1, -0.05) is 120 Å². The van der Waals surface area contributed by atoms with Crippen molar-refractivity contribution in [2.24, 2.45) is 41.4 Å². The Hall–Kier alpha value is 0.467. The van der Waals surface area contributed by atoms with Gasteiger partial charge in [0.15, 0.2) is 0 Å². The standard InChI is InChI=1S/3C10H18N2.C10H14N2.C10H13N2.5Cu.2H2N.4H2O/c5*1-5-11-6-2-9(1)10-3-7-12-8-4-10;;;;;;;;;;;/h3*9-10H,1-8H2;1-2,5,10H,3-4,6-8H2;1-2,5-6,10H,3-4,7-8H2;;;;;;6*1H2/q4*-2;-1;5*+2;2*-1;;;;. The van der Waals surface area contributed by atoms with Crippen LogP contribution in [0, 0.1) is 41.4 Å². The zero-order valence-corrected chi connectivity index (χ0v) is 46.8. The number of hydrogen-bond donors (Lipinski definition) is 0. The maximum atomic E-state index is 4.40. The molecule has 16 nitrogen and oxygen atoms in total. The van der Waals surface area contributed by atoms with E-state index in [1.807, 2.05) is 18.6 Å². The van der Waals surface area contributed by atoms with Crippen LogP contribution in [0.4, 0.5) is 0 Å². The van der Waals surface area contributed by atoms with E-state index in [1.54, 1.807) is 0 Å². The molecule has 1 aromatic rings. The minimum atomic E-state index is 0. The molecule has 0 unspecified atom stereocenters. The second-order valence-electron chi connectivity index (χ2n) is 18.6. The molecular weight excluding hydrogens is 1150 g/mol. The van der Waals surface area contributed by atoms with Crippen molar-refractivity contribution in [2.75, 3.05) is 111 Å². The Labute approximate surface area is 484 Å². The first-order valence-corrected chi connectivity index (χ1v) is 24.8. The second-order valence-corrected chi connectivity index (χ2v) is 18.6. The third-order valence-corrected chi connectivity index (χ3v) is 14.9. The van der Waals surface area contributed by atoms with Gasteiger partial charge in [-0.25, -0.2) is 0 Å². The predicted octanol–water partition coefficient (Wildman–Crippen LogP) is 10.7. The van der Waals surface area contributed by atoms with Crippen LogP contribution in [0.25, 0.3) is 60.2 Å². The molecule has 21 heteroatoms. The van der Waals surface area contributed by atoms with Gasteiger partial charge in [-0.3, -0.25) is 4.98 Å². The molecule has 0 aliphatic carbocycles. The number of hydrogen-bond acceptors (Lipinski definition) is 1. The zero-order chi connectivity index (χ0) is 41.1. The Kier molecular flexibility index (Phi) is 61.2. The van der Waals surface area contributed by atoms with Crippen molar-refractivity contribution >= 4 is 0 Å². The number of piperidine rings is 8. The average molecular weight is 1240 g/mol. The summed E-state index contributed by atoms with van der Waals surface area (Å²) in [6, 6.07) is 4.24. The van der Waals surface area contributed by atoms with E-state index in [-0.39, 0.29) is 120 Å². The molecule has 0 atom stereocenters. The van der Waals surface area contributed by atoms with Gasteiger partial charge in [0.25, 0.3) is 0 Å². The van der Waals surface area contributed by atoms with Crippen LogP contribution in [0.3, 0.4) is 0 Å². The molecule has 10 heterocycles. The topological polar surface area (TPSA) is 333 Å². The van der Waals surface area contributed by atoms with Crippen LogP contribution < -0.4 is 0 Å². The number of nitrogens with two attached hydrogens (primary N) is 2. The van der Waals surface area contributed by atoms with Crippen LogP contribution in [0.2, 0.25) is 0 Å². The third-order valence-electron chi connectivity index (χ3n) is 14.9. The summed E-state index contributed by atoms with van der Waals surface area (Å²) in [5.41, 5.74) is 2.92. The predicted molar refractivity (Wildman–Crippen MR) is 280 cm³/mol. The molecule has 9 aliphatic heterocycles. The molecule has 0 saturated carbocycles. The maximum absolute atomic E-state index is 4.40. The van der Waals surface area contributed by atoms with Gasteiger partial charge in [-0.15, -0.1) is 111 Å². The number of pyridine rings is 1. The summed E-state index contributed by atoms with van der Waals surface area (Å²) in [6.07, 6.45) is 31.2. The summed E-state index contributed by atoms with van der Waals surface area (Å²) < 4.78 is 0. The van der Waals surface area contributed by atoms with Crippen molar-refractivity contribution in [1.29, 1.82) is 0 Å². The molecule has 12 N–H and O–H groups in total. The van der Waals surface area contributed by atoms with E-state index in [2.05, 4.69) is 77.1 Å². The summed E-state index contributed by atoms with van der Waals surface area (Å²) in [5.74, 6) is 7.39. The molecule has 9 aliphatic rings. The summed E-state index contributed by atoms with van der Waals surface area (Å²) in [4.78, 5) is 4.02. The van der Waals surface area contributed by atoms with Crippen LogP contribution >= 0.6 is 0 Å². The Morgan fingerprint density at radius 2 is 0.577 bits per heavy atom. The second kappa shape index (κ2) is 52.5. The fourth-order valence-corrected chi connectivity index (χ4v) is 11.0. The van der Waals surface area contributed by atoms with Crippen LogP contribution in [-0.4, -0.2) is 138 Å². The number of rotatable bonds is 5. The summed E-state index contributed by atoms with van der Waals surface area (Å²) >= 11 is 0. The number of nitrogens with zero attached hydrogens (tertiary/aromatic N) is 10. The van der Waals surface area contributed by atoms with Gasteiger partial charge in [0.1, 0.15) is 0 Å². The summed E-state index contributed by atoms with van der Waals surface area (Å²) in [7, 11) is 0. The average Bonchev–Trinajstić information content (AvgIpc) is 3.37. The van der Waals surface area contributed by atoms with E-state index < -0.39 is 0 Å². The molecule has 10 rings (SSSR count). The molecule has 0 aromatic carbocycles. The van der Waals surface area contributed by atoms with Crippen LogP contribution in [0.1, 0.15) is 114 Å². The fourth-order valence-electron chi connectivity index (χ4n) is 11.0. The van der Waals surface area contributed by atoms with E-state index in [4.69, 9.17) is 0 Å². The Balaban J connectivity index is -0.000000179. The van der Waals surface area contributed by atoms with Crippen molar-refractivity contribution in [2.45, 2.75) is 109 Å². The molecule has 8 fully saturated rings. The largest absolute Gasteiger partial charge is 2.00 e. The molecule has 0 bridgehead atoms. The first-order valence-electron chi connectivity index (χ1n) is 24.8. The van der Waals surface area contributed by atoms with Crippen LogP contribution in [-0.2, 0) is 85.3 Å². The van der Waals surface area contributed by atoms with Crippen molar-refractivity contribution in [3.05, 3.63) is 114 Å². The van der Waals surface area contributed by atoms with Gasteiger partial charge in [0, 0.05) is 12.4 Å². The summed E-state index contributed by atoms with van der Waals surface area (Å²) in [5, 5.41) is 39.2. The van der Waals surface area contributed by atoms with Crippen molar-refractivity contribution in [3.63, 3.8) is 0 Å². The van der Waals surface area contributed by atoms with Crippen molar-refractivity contribution in [3.8, 4) is 0 Å². The van der Waals surface area contributed by atoms with Gasteiger partial charge in [-0.05, 0) is 65.0 Å². The molecule has 433 valence electrons. The van der Waals surface area contributed by atoms with Crippen molar-refractivity contribution in [1.82, 2.24) is 4.98 Å². The molecular formula is C50H93Cu5N12O4-. The van der Waals surface area contributed by atoms with E-state index in [9.17, 15) is 0 Å². The van der Waals surface area contributed by atoms with E-state index in [1.165, 1.54) is 114 Å². The smallest absolute Gasteiger partial charge is 0.693 e. The molecule has 8 saturated heterocycles. The fraction of sp³-hybridized carbons (Fsp3) is 0.820. The third kappa shape index (κ3) is 32.7. The molecule has 5 radical (unpaired) electrons. The molecule has 1 aromatic heterocycles. The SMILES string of the molecule is C1=CC(C2CC[N-]CC2)=CC[N-]1.C1CC(C2CC[N-]CC2)CC[N-]1.C1CC(C2CC[N-]CC2)CC[N-]1.C1CC(C2CC[N-]CC2)CC[N-]1.O.O.O.O.[Cu+2].[Cu+2].[Cu+2].[Cu+2].[Cu+2].[NH2-].[NH2-].c1cc(C2CC[N-]CC2)ccn1. The van der Waals surface area contributed by atoms with E-state index in [0.717, 1.165) is 159 Å². The minimum absolute atomic E-state index is 0. The Morgan fingerprint density at radius 3 is 0.817 bits per heavy atom. The quantitative estimate of drug-likeness (QED) is 0.255. The van der Waals surface area contributed by atoms with Gasteiger partial charge in [0.2, 0.25) is 0 Å². The van der Waals surface area contributed by atoms with Crippen molar-refractivity contribution < 1.29 is 107 Å².